The van der Waals surface area contributed by atoms with E-state index >= 15 is 0 Å². The van der Waals surface area contributed by atoms with E-state index in [1.165, 1.54) is 11.6 Å². The van der Waals surface area contributed by atoms with Gasteiger partial charge in [0.1, 0.15) is 17.3 Å². The molecule has 2 N–H and O–H groups in total. The summed E-state index contributed by atoms with van der Waals surface area (Å²) in [4.78, 5) is 42.8. The Hall–Kier alpha value is -3.24. The smallest absolute Gasteiger partial charge is 0.337 e. The van der Waals surface area contributed by atoms with E-state index < -0.39 is 17.2 Å². The molecule has 10 heteroatoms. The van der Waals surface area contributed by atoms with E-state index in [-0.39, 0.29) is 30.1 Å². The van der Waals surface area contributed by atoms with Crippen molar-refractivity contribution in [1.82, 2.24) is 18.7 Å². The van der Waals surface area contributed by atoms with E-state index in [2.05, 4.69) is 4.98 Å². The highest BCUT2D eigenvalue weighted by Gasteiger charge is 2.26. The van der Waals surface area contributed by atoms with Crippen molar-refractivity contribution in [2.75, 3.05) is 0 Å². The lowest BCUT2D eigenvalue weighted by Crippen LogP contribution is -2.38. The van der Waals surface area contributed by atoms with E-state index in [0.717, 1.165) is 21.4 Å². The molecule has 0 amide bonds. The zero-order chi connectivity index (χ0) is 21.7. The Morgan fingerprint density at radius 1 is 1.23 bits per heavy atom. The number of thiophene rings is 1. The first kappa shape index (κ1) is 20.0. The average molecular weight is 428 g/mol. The first-order valence-electron chi connectivity index (χ1n) is 9.31. The van der Waals surface area contributed by atoms with Crippen LogP contribution in [0.15, 0.2) is 33.9 Å². The third-order valence-corrected chi connectivity index (χ3v) is 6.27. The van der Waals surface area contributed by atoms with Crippen molar-refractivity contribution in [2.24, 2.45) is 7.05 Å². The number of hydrogen-bond acceptors (Lipinski definition) is 6. The fourth-order valence-electron chi connectivity index (χ4n) is 3.70. The first-order chi connectivity index (χ1) is 14.3. The zero-order valence-electron chi connectivity index (χ0n) is 16.6. The van der Waals surface area contributed by atoms with Crippen LogP contribution in [-0.4, -0.2) is 34.9 Å². The van der Waals surface area contributed by atoms with Crippen LogP contribution >= 0.6 is 11.3 Å². The molecule has 3 heterocycles. The Morgan fingerprint density at radius 3 is 2.57 bits per heavy atom. The van der Waals surface area contributed by atoms with Crippen molar-refractivity contribution in [2.45, 2.75) is 33.0 Å². The molecule has 4 rings (SSSR count). The van der Waals surface area contributed by atoms with Crippen LogP contribution in [0, 0.1) is 0 Å². The maximum absolute atomic E-state index is 12.8. The predicted octanol–water partition coefficient (Wildman–Crippen LogP) is 1.93. The Labute approximate surface area is 174 Å². The summed E-state index contributed by atoms with van der Waals surface area (Å²) in [6.07, 6.45) is 0. The monoisotopic (exact) mass is 428 g/mol. The second kappa shape index (κ2) is 7.22. The molecular weight excluding hydrogens is 408 g/mol. The molecule has 0 radical (unpaired) electrons. The molecule has 0 aliphatic rings. The van der Waals surface area contributed by atoms with Gasteiger partial charge in [-0.3, -0.25) is 13.9 Å². The van der Waals surface area contributed by atoms with Gasteiger partial charge in [-0.15, -0.1) is 11.3 Å². The van der Waals surface area contributed by atoms with Gasteiger partial charge in [0, 0.05) is 18.0 Å². The zero-order valence-corrected chi connectivity index (χ0v) is 17.4. The number of carbonyl (C=O) groups is 1. The molecule has 0 aliphatic heterocycles. The number of imidazole rings is 1. The van der Waals surface area contributed by atoms with Gasteiger partial charge >= 0.3 is 11.7 Å². The SMILES string of the molecule is CC(C)n1c(=O)n(C)c(=O)c2c(C(=O)O)c(Cn3c(CO)nc4ccccc43)sc21. The number of carboxylic acid groups (broad SMARTS) is 1. The molecule has 0 unspecified atom stereocenters. The second-order valence-corrected chi connectivity index (χ2v) is 8.34. The van der Waals surface area contributed by atoms with Crippen LogP contribution in [0.5, 0.6) is 0 Å². The van der Waals surface area contributed by atoms with Crippen molar-refractivity contribution < 1.29 is 15.0 Å². The van der Waals surface area contributed by atoms with Gasteiger partial charge in [-0.05, 0) is 26.0 Å². The molecule has 0 spiro atoms. The number of nitrogens with zero attached hydrogens (tertiary/aromatic N) is 4. The van der Waals surface area contributed by atoms with Crippen LogP contribution in [0.25, 0.3) is 21.3 Å². The summed E-state index contributed by atoms with van der Waals surface area (Å²) in [5.74, 6) is -0.851. The minimum Gasteiger partial charge on any atom is -0.478 e. The summed E-state index contributed by atoms with van der Waals surface area (Å²) in [6.45, 7) is 3.39. The minimum absolute atomic E-state index is 0.0215. The Kier molecular flexibility index (Phi) is 4.83. The molecular formula is C20H20N4O5S. The molecule has 0 saturated heterocycles. The van der Waals surface area contributed by atoms with Crippen LogP contribution in [0.4, 0.5) is 0 Å². The molecule has 156 valence electrons. The lowest BCUT2D eigenvalue weighted by atomic mass is 10.1. The fraction of sp³-hybridized carbons (Fsp3) is 0.300. The first-order valence-corrected chi connectivity index (χ1v) is 10.1. The Balaban J connectivity index is 2.06. The molecule has 9 nitrogen and oxygen atoms in total. The van der Waals surface area contributed by atoms with Crippen LogP contribution in [-0.2, 0) is 20.2 Å². The fourth-order valence-corrected chi connectivity index (χ4v) is 5.09. The second-order valence-electron chi connectivity index (χ2n) is 7.26. The van der Waals surface area contributed by atoms with Crippen LogP contribution in [0.2, 0.25) is 0 Å². The Bertz CT molecular complexity index is 1420. The number of para-hydroxylation sites is 2. The van der Waals surface area contributed by atoms with E-state index in [0.29, 0.717) is 21.0 Å². The largest absolute Gasteiger partial charge is 0.478 e. The van der Waals surface area contributed by atoms with Crippen molar-refractivity contribution in [3.63, 3.8) is 0 Å². The molecule has 1 aromatic carbocycles. The number of aromatic carboxylic acids is 1. The molecule has 0 bridgehead atoms. The summed E-state index contributed by atoms with van der Waals surface area (Å²) in [7, 11) is 1.35. The van der Waals surface area contributed by atoms with Gasteiger partial charge in [0.2, 0.25) is 0 Å². The highest BCUT2D eigenvalue weighted by molar-refractivity contribution is 7.19. The summed E-state index contributed by atoms with van der Waals surface area (Å²) < 4.78 is 4.11. The van der Waals surface area contributed by atoms with Gasteiger partial charge < -0.3 is 14.8 Å². The number of rotatable bonds is 5. The number of aromatic nitrogens is 4. The number of carboxylic acids is 1. The minimum atomic E-state index is -1.24. The molecule has 0 fully saturated rings. The summed E-state index contributed by atoms with van der Waals surface area (Å²) in [5, 5.41) is 19.7. The number of aliphatic hydroxyl groups excluding tert-OH is 1. The standard InChI is InChI=1S/C20H20N4O5S/c1-10(2)24-18-16(17(26)22(3)20(24)29)15(19(27)28)13(30-18)8-23-12-7-5-4-6-11(12)21-14(23)9-25/h4-7,10,25H,8-9H2,1-3H3,(H,27,28). The van der Waals surface area contributed by atoms with Gasteiger partial charge in [-0.2, -0.15) is 0 Å². The number of fused-ring (bicyclic) bond motifs is 2. The third-order valence-electron chi connectivity index (χ3n) is 5.10. The molecule has 0 aliphatic carbocycles. The van der Waals surface area contributed by atoms with Crippen LogP contribution in [0.1, 0.15) is 40.9 Å². The Morgan fingerprint density at radius 2 is 1.93 bits per heavy atom. The number of hydrogen-bond donors (Lipinski definition) is 2. The lowest BCUT2D eigenvalue weighted by molar-refractivity contribution is 0.0698. The van der Waals surface area contributed by atoms with Crippen LogP contribution < -0.4 is 11.2 Å². The molecule has 0 saturated carbocycles. The van der Waals surface area contributed by atoms with Crippen molar-refractivity contribution in [3.05, 3.63) is 61.4 Å². The lowest BCUT2D eigenvalue weighted by Gasteiger charge is -2.12. The predicted molar refractivity (Wildman–Crippen MR) is 113 cm³/mol. The maximum Gasteiger partial charge on any atom is 0.337 e. The number of benzene rings is 1. The third kappa shape index (κ3) is 2.87. The molecule has 30 heavy (non-hydrogen) atoms. The van der Waals surface area contributed by atoms with Crippen molar-refractivity contribution >= 4 is 38.6 Å². The normalized spacial score (nSPS) is 11.8. The van der Waals surface area contributed by atoms with E-state index in [4.69, 9.17) is 0 Å². The van der Waals surface area contributed by atoms with E-state index in [9.17, 15) is 24.6 Å². The van der Waals surface area contributed by atoms with E-state index in [1.807, 2.05) is 18.2 Å². The van der Waals surface area contributed by atoms with Gasteiger partial charge in [0.25, 0.3) is 5.56 Å². The summed E-state index contributed by atoms with van der Waals surface area (Å²) >= 11 is 1.11. The molecule has 3 aromatic heterocycles. The van der Waals surface area contributed by atoms with Gasteiger partial charge in [-0.1, -0.05) is 12.1 Å². The van der Waals surface area contributed by atoms with Gasteiger partial charge in [0.05, 0.1) is 28.5 Å². The van der Waals surface area contributed by atoms with Gasteiger partial charge in [0.15, 0.2) is 0 Å². The van der Waals surface area contributed by atoms with Crippen molar-refractivity contribution in [1.29, 1.82) is 0 Å². The molecule has 0 atom stereocenters. The van der Waals surface area contributed by atoms with Crippen molar-refractivity contribution in [3.8, 4) is 0 Å². The summed E-state index contributed by atoms with van der Waals surface area (Å²) in [5.41, 5.74) is 0.173. The quantitative estimate of drug-likeness (QED) is 0.501. The molecule has 4 aromatic rings. The van der Waals surface area contributed by atoms with Crippen LogP contribution in [0.3, 0.4) is 0 Å². The maximum atomic E-state index is 12.8. The number of aliphatic hydroxyl groups is 1. The topological polar surface area (TPSA) is 119 Å². The van der Waals surface area contributed by atoms with E-state index in [1.54, 1.807) is 24.5 Å². The highest BCUT2D eigenvalue weighted by Crippen LogP contribution is 2.32. The average Bonchev–Trinajstić information content (AvgIpc) is 3.25. The highest BCUT2D eigenvalue weighted by atomic mass is 32.1. The summed E-state index contributed by atoms with van der Waals surface area (Å²) in [6, 6.07) is 7.03. The van der Waals surface area contributed by atoms with Gasteiger partial charge in [-0.25, -0.2) is 14.6 Å².